The summed E-state index contributed by atoms with van der Waals surface area (Å²) in [5, 5.41) is 11.6. The van der Waals surface area contributed by atoms with Crippen molar-refractivity contribution < 1.29 is 5.11 Å². The molecule has 5 rings (SSSR count). The third-order valence-electron chi connectivity index (χ3n) is 6.56. The largest absolute Gasteiger partial charge is 0.508 e. The molecule has 1 N–H and O–H groups in total. The lowest BCUT2D eigenvalue weighted by Crippen LogP contribution is -2.28. The Labute approximate surface area is 181 Å². The van der Waals surface area contributed by atoms with E-state index in [1.807, 2.05) is 0 Å². The number of rotatable bonds is 6. The summed E-state index contributed by atoms with van der Waals surface area (Å²) in [7, 11) is 0. The predicted octanol–water partition coefficient (Wildman–Crippen LogP) is 4.01. The van der Waals surface area contributed by atoms with Crippen molar-refractivity contribution in [2.75, 3.05) is 19.6 Å². The quantitative estimate of drug-likeness (QED) is 0.516. The number of fused-ring (bicyclic) bond motifs is 6. The van der Waals surface area contributed by atoms with Gasteiger partial charge in [0.1, 0.15) is 5.75 Å². The maximum Gasteiger partial charge on any atom is 0.261 e. The van der Waals surface area contributed by atoms with Crippen molar-refractivity contribution in [2.45, 2.75) is 39.8 Å². The van der Waals surface area contributed by atoms with Gasteiger partial charge < -0.3 is 14.6 Å². The molecule has 0 atom stereocenters. The second-order valence-corrected chi connectivity index (χ2v) is 8.22. The molecule has 0 fully saturated rings. The molecular formula is C25H28N4O2. The van der Waals surface area contributed by atoms with Crippen LogP contribution in [0.5, 0.6) is 5.75 Å². The van der Waals surface area contributed by atoms with Crippen LogP contribution in [-0.4, -0.2) is 43.8 Å². The second kappa shape index (κ2) is 7.85. The number of aryl methyl sites for hydroxylation is 2. The second-order valence-electron chi connectivity index (χ2n) is 8.22. The van der Waals surface area contributed by atoms with E-state index in [9.17, 15) is 9.90 Å². The first-order chi connectivity index (χ1) is 15.1. The van der Waals surface area contributed by atoms with Crippen molar-refractivity contribution in [3.63, 3.8) is 0 Å². The standard InChI is InChI=1S/C25H28N4O2/c1-3-27(4-2)13-7-14-28-22-9-6-5-8-18(22)19-12-15-29-24(23(19)28)26-21-11-10-17(30)16-20(21)25(29)31/h5-6,8-11,16,30H,3-4,7,12-15H2,1-2H3. The molecule has 1 aliphatic rings. The Kier molecular flexibility index (Phi) is 5.02. The zero-order chi connectivity index (χ0) is 21.5. The molecule has 0 aliphatic carbocycles. The van der Waals surface area contributed by atoms with Gasteiger partial charge in [-0.15, -0.1) is 0 Å². The zero-order valence-electron chi connectivity index (χ0n) is 18.1. The summed E-state index contributed by atoms with van der Waals surface area (Å²) in [5.74, 6) is 0.831. The Morgan fingerprint density at radius 2 is 1.90 bits per heavy atom. The average molecular weight is 417 g/mol. The van der Waals surface area contributed by atoms with Gasteiger partial charge in [0.2, 0.25) is 0 Å². The van der Waals surface area contributed by atoms with Crippen molar-refractivity contribution in [2.24, 2.45) is 0 Å². The van der Waals surface area contributed by atoms with E-state index in [-0.39, 0.29) is 11.3 Å². The van der Waals surface area contributed by atoms with Crippen molar-refractivity contribution in [3.05, 3.63) is 58.4 Å². The highest BCUT2D eigenvalue weighted by molar-refractivity contribution is 5.92. The summed E-state index contributed by atoms with van der Waals surface area (Å²) in [5.41, 5.74) is 4.10. The first kappa shape index (κ1) is 19.8. The topological polar surface area (TPSA) is 63.3 Å². The van der Waals surface area contributed by atoms with Crippen molar-refractivity contribution in [3.8, 4) is 17.3 Å². The number of aromatic hydroxyl groups is 1. The van der Waals surface area contributed by atoms with Crippen molar-refractivity contribution in [1.29, 1.82) is 0 Å². The molecular weight excluding hydrogens is 388 g/mol. The molecule has 1 aliphatic heterocycles. The summed E-state index contributed by atoms with van der Waals surface area (Å²) in [6, 6.07) is 13.4. The highest BCUT2D eigenvalue weighted by Crippen LogP contribution is 2.37. The summed E-state index contributed by atoms with van der Waals surface area (Å²) in [4.78, 5) is 20.6. The van der Waals surface area contributed by atoms with Gasteiger partial charge in [-0.2, -0.15) is 0 Å². The van der Waals surface area contributed by atoms with Gasteiger partial charge in [-0.3, -0.25) is 9.36 Å². The van der Waals surface area contributed by atoms with Gasteiger partial charge in [-0.1, -0.05) is 32.0 Å². The molecule has 0 amide bonds. The van der Waals surface area contributed by atoms with Gasteiger partial charge in [0.15, 0.2) is 5.82 Å². The van der Waals surface area contributed by atoms with Crippen LogP contribution in [0.2, 0.25) is 0 Å². The Bertz CT molecular complexity index is 1330. The third-order valence-corrected chi connectivity index (χ3v) is 6.56. The molecule has 160 valence electrons. The number of hydrogen-bond donors (Lipinski definition) is 1. The van der Waals surface area contributed by atoms with E-state index in [0.717, 1.165) is 50.5 Å². The number of aromatic nitrogens is 3. The van der Waals surface area contributed by atoms with E-state index >= 15 is 0 Å². The first-order valence-corrected chi connectivity index (χ1v) is 11.2. The maximum absolute atomic E-state index is 13.2. The minimum Gasteiger partial charge on any atom is -0.508 e. The Morgan fingerprint density at radius 1 is 1.10 bits per heavy atom. The van der Waals surface area contributed by atoms with Gasteiger partial charge in [0.25, 0.3) is 5.56 Å². The summed E-state index contributed by atoms with van der Waals surface area (Å²) >= 11 is 0. The van der Waals surface area contributed by atoms with Crippen LogP contribution in [0.15, 0.2) is 47.3 Å². The highest BCUT2D eigenvalue weighted by atomic mass is 16.3. The third kappa shape index (κ3) is 3.22. The number of phenolic OH excluding ortho intramolecular Hbond substituents is 1. The van der Waals surface area contributed by atoms with Crippen LogP contribution >= 0.6 is 0 Å². The van der Waals surface area contributed by atoms with E-state index in [4.69, 9.17) is 4.98 Å². The van der Waals surface area contributed by atoms with Crippen molar-refractivity contribution in [1.82, 2.24) is 19.0 Å². The maximum atomic E-state index is 13.2. The van der Waals surface area contributed by atoms with Crippen LogP contribution in [0.4, 0.5) is 0 Å². The van der Waals surface area contributed by atoms with Gasteiger partial charge in [-0.25, -0.2) is 4.98 Å². The van der Waals surface area contributed by atoms with Crippen LogP contribution in [0.1, 0.15) is 25.8 Å². The van der Waals surface area contributed by atoms with Crippen LogP contribution in [-0.2, 0) is 19.5 Å². The van der Waals surface area contributed by atoms with Gasteiger partial charge in [0.05, 0.1) is 16.6 Å². The van der Waals surface area contributed by atoms with Crippen LogP contribution in [0.3, 0.4) is 0 Å². The zero-order valence-corrected chi connectivity index (χ0v) is 18.1. The lowest BCUT2D eigenvalue weighted by Gasteiger charge is -2.22. The molecule has 0 bridgehead atoms. The predicted molar refractivity (Wildman–Crippen MR) is 125 cm³/mol. The molecule has 2 aromatic heterocycles. The molecule has 0 saturated heterocycles. The fraction of sp³-hybridized carbons (Fsp3) is 0.360. The minimum atomic E-state index is -0.0819. The molecule has 0 saturated carbocycles. The number of para-hydroxylation sites is 1. The molecule has 0 radical (unpaired) electrons. The van der Waals surface area contributed by atoms with Gasteiger partial charge >= 0.3 is 0 Å². The average Bonchev–Trinajstić information content (AvgIpc) is 3.11. The molecule has 31 heavy (non-hydrogen) atoms. The number of nitrogens with zero attached hydrogens (tertiary/aromatic N) is 4. The molecule has 0 spiro atoms. The van der Waals surface area contributed by atoms with E-state index in [1.165, 1.54) is 22.5 Å². The lowest BCUT2D eigenvalue weighted by atomic mass is 10.0. The number of benzene rings is 2. The monoisotopic (exact) mass is 416 g/mol. The van der Waals surface area contributed by atoms with E-state index in [1.54, 1.807) is 16.7 Å². The molecule has 6 heteroatoms. The highest BCUT2D eigenvalue weighted by Gasteiger charge is 2.27. The van der Waals surface area contributed by atoms with E-state index in [2.05, 4.69) is 47.6 Å². The lowest BCUT2D eigenvalue weighted by molar-refractivity contribution is 0.294. The van der Waals surface area contributed by atoms with Crippen LogP contribution < -0.4 is 5.56 Å². The van der Waals surface area contributed by atoms with Crippen molar-refractivity contribution >= 4 is 21.8 Å². The Balaban J connectivity index is 1.69. The molecule has 6 nitrogen and oxygen atoms in total. The summed E-state index contributed by atoms with van der Waals surface area (Å²) in [6.07, 6.45) is 1.84. The number of phenols is 1. The Morgan fingerprint density at radius 3 is 2.71 bits per heavy atom. The van der Waals surface area contributed by atoms with Gasteiger partial charge in [0, 0.05) is 24.0 Å². The normalized spacial score (nSPS) is 13.1. The van der Waals surface area contributed by atoms with Crippen LogP contribution in [0, 0.1) is 0 Å². The van der Waals surface area contributed by atoms with E-state index < -0.39 is 0 Å². The summed E-state index contributed by atoms with van der Waals surface area (Å²) in [6.45, 7) is 9.05. The molecule has 0 unspecified atom stereocenters. The molecule has 4 aromatic rings. The fourth-order valence-electron chi connectivity index (χ4n) is 4.93. The SMILES string of the molecule is CCN(CC)CCCn1c2c(c3ccccc31)CCn1c-2nc2ccc(O)cc2c1=O. The van der Waals surface area contributed by atoms with E-state index in [0.29, 0.717) is 17.4 Å². The Hall–Kier alpha value is -3.12. The van der Waals surface area contributed by atoms with Gasteiger partial charge in [-0.05, 0) is 62.3 Å². The summed E-state index contributed by atoms with van der Waals surface area (Å²) < 4.78 is 4.14. The molecule has 2 aromatic carbocycles. The number of hydrogen-bond acceptors (Lipinski definition) is 4. The molecule has 3 heterocycles. The smallest absolute Gasteiger partial charge is 0.261 e. The fourth-order valence-corrected chi connectivity index (χ4v) is 4.93. The van der Waals surface area contributed by atoms with Crippen LogP contribution in [0.25, 0.3) is 33.3 Å². The minimum absolute atomic E-state index is 0.0819. The first-order valence-electron chi connectivity index (χ1n) is 11.2.